The van der Waals surface area contributed by atoms with Gasteiger partial charge in [-0.2, -0.15) is 0 Å². The van der Waals surface area contributed by atoms with Crippen molar-refractivity contribution < 1.29 is 8.42 Å². The number of anilines is 1. The monoisotopic (exact) mass is 379 g/mol. The van der Waals surface area contributed by atoms with Gasteiger partial charge in [0.25, 0.3) is 0 Å². The topological polar surface area (TPSA) is 46.2 Å². The Morgan fingerprint density at radius 3 is 2.78 bits per heavy atom. The van der Waals surface area contributed by atoms with Crippen molar-refractivity contribution in [2.24, 2.45) is 0 Å². The highest BCUT2D eigenvalue weighted by Gasteiger charge is 2.28. The van der Waals surface area contributed by atoms with Crippen LogP contribution in [0.5, 0.6) is 0 Å². The molecule has 0 saturated heterocycles. The van der Waals surface area contributed by atoms with E-state index in [1.807, 2.05) is 18.2 Å². The lowest BCUT2D eigenvalue weighted by molar-refractivity contribution is 0.453. The van der Waals surface area contributed by atoms with Crippen LogP contribution in [0.1, 0.15) is 25.7 Å². The molecule has 0 radical (unpaired) electrons. The fourth-order valence-corrected chi connectivity index (χ4v) is 4.20. The number of nitrogens with one attached hydrogen (secondary N) is 1. The molecule has 0 amide bonds. The fraction of sp³-hybridized carbons (Fsp3) is 0.538. The Balaban J connectivity index is 2.02. The van der Waals surface area contributed by atoms with Crippen LogP contribution in [0.25, 0.3) is 0 Å². The van der Waals surface area contributed by atoms with E-state index in [2.05, 4.69) is 34.0 Å². The minimum absolute atomic E-state index is 0.175. The molecule has 1 saturated carbocycles. The van der Waals surface area contributed by atoms with Crippen LogP contribution in [-0.4, -0.2) is 26.0 Å². The molecule has 18 heavy (non-hydrogen) atoms. The van der Waals surface area contributed by atoms with Gasteiger partial charge in [0, 0.05) is 21.6 Å². The van der Waals surface area contributed by atoms with Crippen LogP contribution in [0.2, 0.25) is 0 Å². The Morgan fingerprint density at radius 2 is 2.11 bits per heavy atom. The molecule has 1 fully saturated rings. The number of hydrogen-bond donors (Lipinski definition) is 1. The quantitative estimate of drug-likeness (QED) is 0.822. The minimum Gasteiger partial charge on any atom is -0.382 e. The lowest BCUT2D eigenvalue weighted by atomic mass is 9.95. The van der Waals surface area contributed by atoms with E-state index < -0.39 is 9.84 Å². The summed E-state index contributed by atoms with van der Waals surface area (Å²) >= 11 is 2.28. The van der Waals surface area contributed by atoms with Crippen molar-refractivity contribution >= 4 is 38.1 Å². The van der Waals surface area contributed by atoms with Crippen molar-refractivity contribution in [1.29, 1.82) is 0 Å². The summed E-state index contributed by atoms with van der Waals surface area (Å²) in [5.41, 5.74) is 1.08. The predicted molar refractivity (Wildman–Crippen MR) is 83.7 cm³/mol. The van der Waals surface area contributed by atoms with Gasteiger partial charge in [0.2, 0.25) is 0 Å². The van der Waals surface area contributed by atoms with Crippen molar-refractivity contribution in [3.05, 3.63) is 27.8 Å². The highest BCUT2D eigenvalue weighted by Crippen LogP contribution is 2.26. The molecule has 0 aliphatic heterocycles. The maximum Gasteiger partial charge on any atom is 0.150 e. The average Bonchev–Trinajstić information content (AvgIpc) is 2.28. The average molecular weight is 379 g/mol. The van der Waals surface area contributed by atoms with Crippen molar-refractivity contribution in [3.8, 4) is 0 Å². The number of rotatable bonds is 3. The van der Waals surface area contributed by atoms with E-state index in [0.717, 1.165) is 31.4 Å². The van der Waals surface area contributed by atoms with Crippen LogP contribution in [0.15, 0.2) is 24.3 Å². The Morgan fingerprint density at radius 1 is 1.33 bits per heavy atom. The van der Waals surface area contributed by atoms with Gasteiger partial charge < -0.3 is 5.32 Å². The van der Waals surface area contributed by atoms with E-state index >= 15 is 0 Å². The van der Waals surface area contributed by atoms with E-state index in [4.69, 9.17) is 0 Å². The van der Waals surface area contributed by atoms with Gasteiger partial charge in [0.15, 0.2) is 0 Å². The largest absolute Gasteiger partial charge is 0.382 e. The van der Waals surface area contributed by atoms with E-state index in [1.54, 1.807) is 0 Å². The first kappa shape index (κ1) is 14.1. The third kappa shape index (κ3) is 3.85. The third-order valence-corrected chi connectivity index (χ3v) is 5.74. The zero-order chi connectivity index (χ0) is 13.2. The van der Waals surface area contributed by atoms with E-state index in [0.29, 0.717) is 0 Å². The summed E-state index contributed by atoms with van der Waals surface area (Å²) in [4.78, 5) is 0. The number of hydrogen-bond acceptors (Lipinski definition) is 3. The predicted octanol–water partition coefficient (Wildman–Crippen LogP) is 3.06. The molecule has 2 rings (SSSR count). The molecule has 1 aliphatic carbocycles. The zero-order valence-corrected chi connectivity index (χ0v) is 13.4. The summed E-state index contributed by atoms with van der Waals surface area (Å²) in [6.45, 7) is 0. The lowest BCUT2D eigenvalue weighted by Gasteiger charge is -2.29. The number of benzene rings is 1. The van der Waals surface area contributed by atoms with Crippen LogP contribution in [-0.2, 0) is 9.84 Å². The summed E-state index contributed by atoms with van der Waals surface area (Å²) in [6, 6.07) is 8.46. The van der Waals surface area contributed by atoms with Gasteiger partial charge in [-0.15, -0.1) is 0 Å². The van der Waals surface area contributed by atoms with Crippen molar-refractivity contribution in [2.75, 3.05) is 11.6 Å². The molecule has 5 heteroatoms. The van der Waals surface area contributed by atoms with Crippen LogP contribution in [0, 0.1) is 3.57 Å². The molecular formula is C13H18INO2S. The number of halogens is 1. The van der Waals surface area contributed by atoms with Gasteiger partial charge in [0.1, 0.15) is 9.84 Å². The molecule has 0 aromatic heterocycles. The van der Waals surface area contributed by atoms with Gasteiger partial charge in [-0.05, 0) is 60.1 Å². The first-order valence-electron chi connectivity index (χ1n) is 6.16. The second-order valence-corrected chi connectivity index (χ2v) is 8.54. The molecule has 1 N–H and O–H groups in total. The molecule has 1 aromatic rings. The van der Waals surface area contributed by atoms with Gasteiger partial charge in [-0.1, -0.05) is 12.5 Å². The summed E-state index contributed by atoms with van der Waals surface area (Å²) in [5, 5.41) is 3.28. The van der Waals surface area contributed by atoms with E-state index in [9.17, 15) is 8.42 Å². The van der Waals surface area contributed by atoms with Crippen LogP contribution in [0.3, 0.4) is 0 Å². The molecular weight excluding hydrogens is 361 g/mol. The molecule has 1 aromatic carbocycles. The van der Waals surface area contributed by atoms with Crippen molar-refractivity contribution in [2.45, 2.75) is 37.0 Å². The highest BCUT2D eigenvalue weighted by molar-refractivity contribution is 14.1. The maximum absolute atomic E-state index is 11.6. The second kappa shape index (κ2) is 5.77. The maximum atomic E-state index is 11.6. The Kier molecular flexibility index (Phi) is 4.53. The number of sulfone groups is 1. The molecule has 3 nitrogen and oxygen atoms in total. The van der Waals surface area contributed by atoms with Gasteiger partial charge in [0.05, 0.1) is 5.25 Å². The molecule has 0 spiro atoms. The summed E-state index contributed by atoms with van der Waals surface area (Å²) in [6.07, 6.45) is 4.93. The highest BCUT2D eigenvalue weighted by atomic mass is 127. The van der Waals surface area contributed by atoms with E-state index in [1.165, 1.54) is 9.83 Å². The van der Waals surface area contributed by atoms with Gasteiger partial charge in [-0.3, -0.25) is 0 Å². The Bertz CT molecular complexity index is 515. The second-order valence-electron chi connectivity index (χ2n) is 4.97. The van der Waals surface area contributed by atoms with Crippen LogP contribution < -0.4 is 5.32 Å². The lowest BCUT2D eigenvalue weighted by Crippen LogP contribution is -2.34. The van der Waals surface area contributed by atoms with Crippen molar-refractivity contribution in [1.82, 2.24) is 0 Å². The van der Waals surface area contributed by atoms with Crippen LogP contribution in [0.4, 0.5) is 5.69 Å². The van der Waals surface area contributed by atoms with Crippen molar-refractivity contribution in [3.63, 3.8) is 0 Å². The zero-order valence-electron chi connectivity index (χ0n) is 10.4. The molecule has 2 unspecified atom stereocenters. The standard InChI is InChI=1S/C13H18INO2S/c1-18(16,17)13-7-3-6-12(9-13)15-11-5-2-4-10(14)8-11/h2,4-5,8,12-13,15H,3,6-7,9H2,1H3. The normalized spacial score (nSPS) is 24.8. The SMILES string of the molecule is CS(=O)(=O)C1CCCC(Nc2cccc(I)c2)C1. The minimum atomic E-state index is -2.90. The van der Waals surface area contributed by atoms with Gasteiger partial charge in [-0.25, -0.2) is 8.42 Å². The third-order valence-electron chi connectivity index (χ3n) is 3.43. The smallest absolute Gasteiger partial charge is 0.150 e. The van der Waals surface area contributed by atoms with Crippen LogP contribution >= 0.6 is 22.6 Å². The molecule has 0 bridgehead atoms. The first-order valence-corrected chi connectivity index (χ1v) is 9.19. The fourth-order valence-electron chi connectivity index (χ4n) is 2.48. The van der Waals surface area contributed by atoms with E-state index in [-0.39, 0.29) is 11.3 Å². The Hall–Kier alpha value is -0.300. The Labute approximate surface area is 122 Å². The molecule has 0 heterocycles. The summed E-state index contributed by atoms with van der Waals surface area (Å²) < 4.78 is 24.4. The molecule has 1 aliphatic rings. The first-order chi connectivity index (χ1) is 8.45. The molecule has 2 atom stereocenters. The summed E-state index contributed by atoms with van der Waals surface area (Å²) in [5.74, 6) is 0. The van der Waals surface area contributed by atoms with Gasteiger partial charge >= 0.3 is 0 Å². The summed E-state index contributed by atoms with van der Waals surface area (Å²) in [7, 11) is -2.90. The molecule has 100 valence electrons.